The monoisotopic (exact) mass is 360 g/mol. The Bertz CT molecular complexity index is 1120. The minimum absolute atomic E-state index is 0.208. The highest BCUT2D eigenvalue weighted by Gasteiger charge is 2.12. The largest absolute Gasteiger partial charge is 0.467 e. The maximum Gasteiger partial charge on any atom is 0.316 e. The molecule has 27 heavy (non-hydrogen) atoms. The highest BCUT2D eigenvalue weighted by atomic mass is 16.5. The standard InChI is InChI=1S/C20H16N4O3/c1-12-4-3-5-13(8-12)19-24-16-9-15(6-7-17(16)27-19)23-18(25)14-10-21-20(26-2)22-11-14/h3-11H,1-2H3,(H,23,25). The fourth-order valence-corrected chi connectivity index (χ4v) is 2.65. The van der Waals surface area contributed by atoms with E-state index in [9.17, 15) is 4.79 Å². The first-order valence-corrected chi connectivity index (χ1v) is 8.27. The van der Waals surface area contributed by atoms with Gasteiger partial charge in [-0.1, -0.05) is 17.7 Å². The van der Waals surface area contributed by atoms with E-state index in [1.165, 1.54) is 19.5 Å². The number of fused-ring (bicyclic) bond motifs is 1. The Balaban J connectivity index is 1.58. The number of aromatic nitrogens is 3. The quantitative estimate of drug-likeness (QED) is 0.594. The summed E-state index contributed by atoms with van der Waals surface area (Å²) in [5, 5.41) is 2.80. The normalized spacial score (nSPS) is 10.7. The highest BCUT2D eigenvalue weighted by molar-refractivity contribution is 6.04. The number of hydrogen-bond acceptors (Lipinski definition) is 6. The molecule has 0 radical (unpaired) electrons. The van der Waals surface area contributed by atoms with Crippen LogP contribution < -0.4 is 10.1 Å². The maximum atomic E-state index is 12.3. The topological polar surface area (TPSA) is 90.1 Å². The Morgan fingerprint density at radius 2 is 1.93 bits per heavy atom. The van der Waals surface area contributed by atoms with Crippen LogP contribution in [0.2, 0.25) is 0 Å². The molecule has 0 unspecified atom stereocenters. The van der Waals surface area contributed by atoms with Gasteiger partial charge in [-0.2, -0.15) is 0 Å². The molecule has 0 aliphatic rings. The summed E-state index contributed by atoms with van der Waals surface area (Å²) >= 11 is 0. The Morgan fingerprint density at radius 1 is 1.11 bits per heavy atom. The van der Waals surface area contributed by atoms with E-state index in [2.05, 4.69) is 20.3 Å². The number of methoxy groups -OCH3 is 1. The van der Waals surface area contributed by atoms with Crippen molar-refractivity contribution in [2.75, 3.05) is 12.4 Å². The third-order valence-electron chi connectivity index (χ3n) is 3.98. The lowest BCUT2D eigenvalue weighted by Gasteiger charge is -2.04. The SMILES string of the molecule is COc1ncc(C(=O)Nc2ccc3oc(-c4cccc(C)c4)nc3c2)cn1. The van der Waals surface area contributed by atoms with Gasteiger partial charge in [0.1, 0.15) is 5.52 Å². The maximum absolute atomic E-state index is 12.3. The number of carbonyl (C=O) groups is 1. The van der Waals surface area contributed by atoms with Crippen LogP contribution in [0.5, 0.6) is 6.01 Å². The first kappa shape index (κ1) is 16.7. The van der Waals surface area contributed by atoms with Gasteiger partial charge in [0.05, 0.1) is 12.7 Å². The zero-order chi connectivity index (χ0) is 18.8. The summed E-state index contributed by atoms with van der Waals surface area (Å²) in [7, 11) is 1.47. The molecule has 2 aromatic heterocycles. The van der Waals surface area contributed by atoms with E-state index in [1.54, 1.807) is 18.2 Å². The Labute approximate surface area is 155 Å². The van der Waals surface area contributed by atoms with Gasteiger partial charge in [0.25, 0.3) is 5.91 Å². The molecule has 134 valence electrons. The van der Waals surface area contributed by atoms with Crippen molar-refractivity contribution in [1.29, 1.82) is 0 Å². The molecule has 0 fully saturated rings. The summed E-state index contributed by atoms with van der Waals surface area (Å²) in [5.74, 6) is 0.222. The van der Waals surface area contributed by atoms with Crippen LogP contribution in [0.3, 0.4) is 0 Å². The van der Waals surface area contributed by atoms with E-state index in [4.69, 9.17) is 9.15 Å². The molecule has 0 spiro atoms. The Morgan fingerprint density at radius 3 is 2.67 bits per heavy atom. The van der Waals surface area contributed by atoms with Crippen molar-refractivity contribution in [3.8, 4) is 17.5 Å². The number of nitrogens with zero attached hydrogens (tertiary/aromatic N) is 3. The summed E-state index contributed by atoms with van der Waals surface area (Å²) < 4.78 is 10.7. The molecule has 4 rings (SSSR count). The van der Waals surface area contributed by atoms with Crippen LogP contribution in [0.25, 0.3) is 22.6 Å². The van der Waals surface area contributed by atoms with Crippen molar-refractivity contribution in [1.82, 2.24) is 15.0 Å². The molecule has 0 saturated heterocycles. The predicted molar refractivity (Wildman–Crippen MR) is 101 cm³/mol. The van der Waals surface area contributed by atoms with Crippen LogP contribution in [-0.2, 0) is 0 Å². The minimum Gasteiger partial charge on any atom is -0.467 e. The lowest BCUT2D eigenvalue weighted by molar-refractivity contribution is 0.102. The molecule has 0 aliphatic heterocycles. The van der Waals surface area contributed by atoms with Gasteiger partial charge in [0.2, 0.25) is 5.89 Å². The third-order valence-corrected chi connectivity index (χ3v) is 3.98. The first-order chi connectivity index (χ1) is 13.1. The van der Waals surface area contributed by atoms with Gasteiger partial charge in [-0.3, -0.25) is 4.79 Å². The van der Waals surface area contributed by atoms with Crippen LogP contribution in [0, 0.1) is 6.92 Å². The molecule has 0 saturated carbocycles. The average molecular weight is 360 g/mol. The number of rotatable bonds is 4. The molecule has 4 aromatic rings. The number of anilines is 1. The number of ether oxygens (including phenoxy) is 1. The van der Waals surface area contributed by atoms with Crippen molar-refractivity contribution in [3.05, 3.63) is 66.0 Å². The van der Waals surface area contributed by atoms with Gasteiger partial charge in [0, 0.05) is 23.6 Å². The second kappa shape index (κ2) is 6.87. The van der Waals surface area contributed by atoms with Crippen LogP contribution in [0.1, 0.15) is 15.9 Å². The highest BCUT2D eigenvalue weighted by Crippen LogP contribution is 2.26. The number of oxazole rings is 1. The molecule has 0 bridgehead atoms. The zero-order valence-corrected chi connectivity index (χ0v) is 14.8. The average Bonchev–Trinajstić information content (AvgIpc) is 3.11. The molecular formula is C20H16N4O3. The van der Waals surface area contributed by atoms with Gasteiger partial charge >= 0.3 is 6.01 Å². The van der Waals surface area contributed by atoms with Gasteiger partial charge in [-0.05, 0) is 37.3 Å². The van der Waals surface area contributed by atoms with E-state index in [1.807, 2.05) is 31.2 Å². The lowest BCUT2D eigenvalue weighted by atomic mass is 10.1. The molecule has 2 aromatic carbocycles. The molecular weight excluding hydrogens is 344 g/mol. The predicted octanol–water partition coefficient (Wildman–Crippen LogP) is 3.85. The molecule has 1 N–H and O–H groups in total. The number of nitrogens with one attached hydrogen (secondary N) is 1. The lowest BCUT2D eigenvalue weighted by Crippen LogP contribution is -2.12. The third kappa shape index (κ3) is 3.48. The van der Waals surface area contributed by atoms with Crippen molar-refractivity contribution < 1.29 is 13.9 Å². The minimum atomic E-state index is -0.320. The number of carbonyl (C=O) groups excluding carboxylic acids is 1. The smallest absolute Gasteiger partial charge is 0.316 e. The molecule has 1 amide bonds. The summed E-state index contributed by atoms with van der Waals surface area (Å²) in [6.07, 6.45) is 2.82. The van der Waals surface area contributed by atoms with Gasteiger partial charge in [0.15, 0.2) is 5.58 Å². The van der Waals surface area contributed by atoms with E-state index in [0.29, 0.717) is 28.2 Å². The zero-order valence-electron chi connectivity index (χ0n) is 14.8. The van der Waals surface area contributed by atoms with Crippen LogP contribution in [0.15, 0.2) is 59.3 Å². The van der Waals surface area contributed by atoms with Crippen molar-refractivity contribution in [2.45, 2.75) is 6.92 Å². The van der Waals surface area contributed by atoms with Crippen molar-refractivity contribution in [2.24, 2.45) is 0 Å². The first-order valence-electron chi connectivity index (χ1n) is 8.27. The number of amides is 1. The second-order valence-electron chi connectivity index (χ2n) is 5.98. The van der Waals surface area contributed by atoms with Crippen LogP contribution in [-0.4, -0.2) is 28.0 Å². The van der Waals surface area contributed by atoms with E-state index < -0.39 is 0 Å². The van der Waals surface area contributed by atoms with Crippen LogP contribution in [0.4, 0.5) is 5.69 Å². The fourth-order valence-electron chi connectivity index (χ4n) is 2.65. The molecule has 0 atom stereocenters. The summed E-state index contributed by atoms with van der Waals surface area (Å²) in [6.45, 7) is 2.02. The summed E-state index contributed by atoms with van der Waals surface area (Å²) in [6, 6.07) is 13.4. The summed E-state index contributed by atoms with van der Waals surface area (Å²) in [5.41, 5.74) is 4.29. The van der Waals surface area contributed by atoms with Gasteiger partial charge < -0.3 is 14.5 Å². The number of aryl methyl sites for hydroxylation is 1. The van der Waals surface area contributed by atoms with Gasteiger partial charge in [-0.25, -0.2) is 15.0 Å². The Hall–Kier alpha value is -3.74. The Kier molecular flexibility index (Phi) is 4.25. The fraction of sp³-hybridized carbons (Fsp3) is 0.100. The van der Waals surface area contributed by atoms with Gasteiger partial charge in [-0.15, -0.1) is 0 Å². The summed E-state index contributed by atoms with van der Waals surface area (Å²) in [4.78, 5) is 24.7. The number of hydrogen-bond donors (Lipinski definition) is 1. The van der Waals surface area contributed by atoms with E-state index in [0.717, 1.165) is 11.1 Å². The molecule has 2 heterocycles. The number of benzene rings is 2. The second-order valence-corrected chi connectivity index (χ2v) is 5.98. The van der Waals surface area contributed by atoms with E-state index in [-0.39, 0.29) is 11.9 Å². The van der Waals surface area contributed by atoms with Crippen molar-refractivity contribution in [3.63, 3.8) is 0 Å². The molecule has 7 heteroatoms. The molecule has 0 aliphatic carbocycles. The van der Waals surface area contributed by atoms with E-state index >= 15 is 0 Å². The van der Waals surface area contributed by atoms with Crippen molar-refractivity contribution >= 4 is 22.7 Å². The molecule has 7 nitrogen and oxygen atoms in total. The van der Waals surface area contributed by atoms with Crippen LogP contribution >= 0.6 is 0 Å².